The third-order valence-corrected chi connectivity index (χ3v) is 5.33. The first-order chi connectivity index (χ1) is 14.7. The van der Waals surface area contributed by atoms with Crippen LogP contribution in [0.15, 0.2) is 18.3 Å². The minimum atomic E-state index is -4.60. The summed E-state index contributed by atoms with van der Waals surface area (Å²) < 4.78 is 44.1. The number of nitrogens with zero attached hydrogens (tertiary/aromatic N) is 5. The first-order valence-electron chi connectivity index (χ1n) is 9.27. The predicted octanol–water partition coefficient (Wildman–Crippen LogP) is 3.25. The second-order valence-electron chi connectivity index (χ2n) is 6.90. The molecule has 0 aliphatic carbocycles. The van der Waals surface area contributed by atoms with E-state index in [1.54, 1.807) is 19.2 Å². The number of thiazole rings is 1. The Hall–Kier alpha value is -3.06. The standard InChI is InChI=1S/C18H18F3N7O2S/c1-9-7-22-17(31-9)25-15-6-11(23-10(2)24-15)13-8-28(3-4-30-13)16(29)12-5-14(27-26-12)18(19,20)21/h5-7,13H,3-4,8H2,1-2H3,(H,26,27)(H,22,23,24,25). The molecule has 2 N–H and O–H groups in total. The smallest absolute Gasteiger partial charge is 0.368 e. The molecule has 0 spiro atoms. The molecule has 1 saturated heterocycles. The summed E-state index contributed by atoms with van der Waals surface area (Å²) in [5.74, 6) is 0.427. The number of aryl methyl sites for hydroxylation is 2. The fraction of sp³-hybridized carbons (Fsp3) is 0.389. The molecule has 4 heterocycles. The number of nitrogens with one attached hydrogen (secondary N) is 2. The van der Waals surface area contributed by atoms with Crippen molar-refractivity contribution in [1.29, 1.82) is 0 Å². The Labute approximate surface area is 178 Å². The minimum absolute atomic E-state index is 0.124. The minimum Gasteiger partial charge on any atom is -0.368 e. The van der Waals surface area contributed by atoms with Crippen molar-refractivity contribution in [2.24, 2.45) is 0 Å². The predicted molar refractivity (Wildman–Crippen MR) is 105 cm³/mol. The largest absolute Gasteiger partial charge is 0.432 e. The monoisotopic (exact) mass is 453 g/mol. The Morgan fingerprint density at radius 2 is 2.13 bits per heavy atom. The van der Waals surface area contributed by atoms with Gasteiger partial charge in [-0.1, -0.05) is 0 Å². The third kappa shape index (κ3) is 4.82. The molecule has 1 aliphatic heterocycles. The number of carbonyl (C=O) groups excluding carboxylic acids is 1. The highest BCUT2D eigenvalue weighted by atomic mass is 32.1. The molecular weight excluding hydrogens is 435 g/mol. The molecule has 0 radical (unpaired) electrons. The quantitative estimate of drug-likeness (QED) is 0.624. The fourth-order valence-corrected chi connectivity index (χ4v) is 3.76. The lowest BCUT2D eigenvalue weighted by atomic mass is 10.1. The summed E-state index contributed by atoms with van der Waals surface area (Å²) in [6.45, 7) is 4.24. The fourth-order valence-electron chi connectivity index (χ4n) is 3.09. The van der Waals surface area contributed by atoms with Crippen LogP contribution >= 0.6 is 11.3 Å². The summed E-state index contributed by atoms with van der Waals surface area (Å²) in [7, 11) is 0. The second kappa shape index (κ2) is 8.23. The average molecular weight is 453 g/mol. The summed E-state index contributed by atoms with van der Waals surface area (Å²) in [6, 6.07) is 2.42. The Morgan fingerprint density at radius 3 is 2.81 bits per heavy atom. The second-order valence-corrected chi connectivity index (χ2v) is 8.14. The number of alkyl halides is 3. The van der Waals surface area contributed by atoms with Crippen molar-refractivity contribution < 1.29 is 22.7 Å². The van der Waals surface area contributed by atoms with Crippen LogP contribution in [0.25, 0.3) is 0 Å². The number of anilines is 2. The zero-order valence-corrected chi connectivity index (χ0v) is 17.3. The van der Waals surface area contributed by atoms with Crippen LogP contribution in [0.1, 0.15) is 38.7 Å². The number of morpholine rings is 1. The van der Waals surface area contributed by atoms with E-state index in [9.17, 15) is 18.0 Å². The van der Waals surface area contributed by atoms with Gasteiger partial charge in [-0.15, -0.1) is 11.3 Å². The summed E-state index contributed by atoms with van der Waals surface area (Å²) in [5, 5.41) is 9.18. The summed E-state index contributed by atoms with van der Waals surface area (Å²) in [4.78, 5) is 28.1. The molecule has 0 saturated carbocycles. The lowest BCUT2D eigenvalue weighted by Gasteiger charge is -2.32. The van der Waals surface area contributed by atoms with Crippen LogP contribution < -0.4 is 5.32 Å². The number of aromatic amines is 1. The van der Waals surface area contributed by atoms with Crippen LogP contribution in [0, 0.1) is 13.8 Å². The number of hydrogen-bond acceptors (Lipinski definition) is 8. The molecule has 3 aromatic rings. The van der Waals surface area contributed by atoms with Gasteiger partial charge in [0.25, 0.3) is 5.91 Å². The first kappa shape index (κ1) is 21.2. The average Bonchev–Trinajstić information content (AvgIpc) is 3.36. The van der Waals surface area contributed by atoms with Gasteiger partial charge in [0.15, 0.2) is 10.8 Å². The summed E-state index contributed by atoms with van der Waals surface area (Å²) >= 11 is 1.48. The van der Waals surface area contributed by atoms with Crippen LogP contribution in [0.2, 0.25) is 0 Å². The van der Waals surface area contributed by atoms with E-state index < -0.39 is 23.9 Å². The highest BCUT2D eigenvalue weighted by molar-refractivity contribution is 7.15. The van der Waals surface area contributed by atoms with Gasteiger partial charge in [-0.2, -0.15) is 18.3 Å². The van der Waals surface area contributed by atoms with Crippen LogP contribution in [-0.2, 0) is 10.9 Å². The van der Waals surface area contributed by atoms with Crippen molar-refractivity contribution in [3.05, 3.63) is 46.1 Å². The molecule has 1 amide bonds. The van der Waals surface area contributed by atoms with E-state index in [2.05, 4.69) is 25.4 Å². The Balaban J connectivity index is 1.50. The number of H-pyrrole nitrogens is 1. The van der Waals surface area contributed by atoms with Gasteiger partial charge in [0, 0.05) is 29.8 Å². The molecule has 31 heavy (non-hydrogen) atoms. The maximum atomic E-state index is 12.8. The number of aromatic nitrogens is 5. The highest BCUT2D eigenvalue weighted by Gasteiger charge is 2.35. The van der Waals surface area contributed by atoms with Crippen molar-refractivity contribution in [2.75, 3.05) is 25.0 Å². The Morgan fingerprint density at radius 1 is 1.32 bits per heavy atom. The highest BCUT2D eigenvalue weighted by Crippen LogP contribution is 2.29. The topological polar surface area (TPSA) is 109 Å². The summed E-state index contributed by atoms with van der Waals surface area (Å²) in [6.07, 6.45) is -3.41. The molecule has 1 aliphatic rings. The molecule has 0 aromatic carbocycles. The lowest BCUT2D eigenvalue weighted by molar-refractivity contribution is -0.141. The zero-order chi connectivity index (χ0) is 22.2. The van der Waals surface area contributed by atoms with E-state index in [1.807, 2.05) is 12.0 Å². The molecule has 3 aromatic heterocycles. The number of hydrogen-bond donors (Lipinski definition) is 2. The van der Waals surface area contributed by atoms with Gasteiger partial charge in [0.05, 0.1) is 18.8 Å². The van der Waals surface area contributed by atoms with Crippen molar-refractivity contribution in [3.63, 3.8) is 0 Å². The van der Waals surface area contributed by atoms with E-state index in [0.29, 0.717) is 28.5 Å². The van der Waals surface area contributed by atoms with Gasteiger partial charge in [0.2, 0.25) is 0 Å². The Bertz CT molecular complexity index is 1100. The normalized spacial score (nSPS) is 17.1. The maximum absolute atomic E-state index is 12.8. The molecule has 13 heteroatoms. The number of carbonyl (C=O) groups is 1. The molecule has 9 nitrogen and oxygen atoms in total. The SMILES string of the molecule is Cc1nc(Nc2ncc(C)s2)cc(C2CN(C(=O)c3cc(C(F)(F)F)[nH]n3)CCO2)n1. The summed E-state index contributed by atoms with van der Waals surface area (Å²) in [5.41, 5.74) is -0.813. The zero-order valence-electron chi connectivity index (χ0n) is 16.5. The van der Waals surface area contributed by atoms with E-state index in [0.717, 1.165) is 4.88 Å². The van der Waals surface area contributed by atoms with Gasteiger partial charge < -0.3 is 15.0 Å². The Kier molecular flexibility index (Phi) is 5.62. The van der Waals surface area contributed by atoms with E-state index in [-0.39, 0.29) is 25.4 Å². The van der Waals surface area contributed by atoms with Gasteiger partial charge in [0.1, 0.15) is 23.4 Å². The van der Waals surface area contributed by atoms with E-state index in [4.69, 9.17) is 4.74 Å². The number of halogens is 3. The number of rotatable bonds is 4. The molecule has 164 valence electrons. The van der Waals surface area contributed by atoms with Gasteiger partial charge in [-0.3, -0.25) is 9.89 Å². The van der Waals surface area contributed by atoms with E-state index in [1.165, 1.54) is 16.2 Å². The van der Waals surface area contributed by atoms with Crippen molar-refractivity contribution in [3.8, 4) is 0 Å². The molecule has 1 fully saturated rings. The number of ether oxygens (including phenoxy) is 1. The van der Waals surface area contributed by atoms with Crippen LogP contribution in [0.3, 0.4) is 0 Å². The molecule has 1 atom stereocenters. The van der Waals surface area contributed by atoms with Gasteiger partial charge in [-0.25, -0.2) is 15.0 Å². The maximum Gasteiger partial charge on any atom is 0.432 e. The molecule has 1 unspecified atom stereocenters. The molecular formula is C18H18F3N7O2S. The van der Waals surface area contributed by atoms with Crippen molar-refractivity contribution >= 4 is 28.2 Å². The van der Waals surface area contributed by atoms with Crippen molar-refractivity contribution in [2.45, 2.75) is 26.1 Å². The first-order valence-corrected chi connectivity index (χ1v) is 10.1. The third-order valence-electron chi connectivity index (χ3n) is 4.50. The van der Waals surface area contributed by atoms with Crippen LogP contribution in [0.4, 0.5) is 24.1 Å². The van der Waals surface area contributed by atoms with Crippen LogP contribution in [-0.4, -0.2) is 55.7 Å². The van der Waals surface area contributed by atoms with E-state index >= 15 is 0 Å². The van der Waals surface area contributed by atoms with Gasteiger partial charge >= 0.3 is 6.18 Å². The molecule has 4 rings (SSSR count). The number of amides is 1. The van der Waals surface area contributed by atoms with Crippen LogP contribution in [0.5, 0.6) is 0 Å². The molecule has 0 bridgehead atoms. The van der Waals surface area contributed by atoms with Crippen molar-refractivity contribution in [1.82, 2.24) is 30.0 Å². The lowest BCUT2D eigenvalue weighted by Crippen LogP contribution is -2.42. The van der Waals surface area contributed by atoms with Gasteiger partial charge in [-0.05, 0) is 13.8 Å².